The van der Waals surface area contributed by atoms with Crippen molar-refractivity contribution >= 4 is 0 Å². The van der Waals surface area contributed by atoms with Crippen molar-refractivity contribution in [3.05, 3.63) is 53.5 Å². The van der Waals surface area contributed by atoms with Gasteiger partial charge in [0.05, 0.1) is 6.26 Å². The van der Waals surface area contributed by atoms with Gasteiger partial charge in [0.1, 0.15) is 18.1 Å². The SMILES string of the molecule is CCc1ccccc1OCc1occc1CNC(C)(C)C. The zero-order chi connectivity index (χ0) is 15.3. The van der Waals surface area contributed by atoms with Crippen molar-refractivity contribution in [1.82, 2.24) is 5.32 Å². The van der Waals surface area contributed by atoms with E-state index in [-0.39, 0.29) is 5.54 Å². The molecule has 0 aliphatic rings. The number of benzene rings is 1. The maximum absolute atomic E-state index is 5.92. The van der Waals surface area contributed by atoms with Crippen LogP contribution in [0, 0.1) is 0 Å². The van der Waals surface area contributed by atoms with Gasteiger partial charge in [-0.1, -0.05) is 25.1 Å². The van der Waals surface area contributed by atoms with E-state index >= 15 is 0 Å². The molecule has 0 atom stereocenters. The number of nitrogens with one attached hydrogen (secondary N) is 1. The first-order valence-corrected chi connectivity index (χ1v) is 7.50. The second kappa shape index (κ2) is 6.81. The monoisotopic (exact) mass is 287 g/mol. The van der Waals surface area contributed by atoms with Crippen LogP contribution in [0.5, 0.6) is 5.75 Å². The van der Waals surface area contributed by atoms with E-state index in [1.165, 1.54) is 5.56 Å². The van der Waals surface area contributed by atoms with E-state index in [0.717, 1.165) is 30.0 Å². The van der Waals surface area contributed by atoms with Crippen molar-refractivity contribution in [2.45, 2.75) is 52.8 Å². The van der Waals surface area contributed by atoms with Crippen LogP contribution in [0.1, 0.15) is 44.6 Å². The van der Waals surface area contributed by atoms with Crippen molar-refractivity contribution in [2.24, 2.45) is 0 Å². The van der Waals surface area contributed by atoms with Crippen molar-refractivity contribution in [3.8, 4) is 5.75 Å². The third kappa shape index (κ3) is 4.64. The average molecular weight is 287 g/mol. The summed E-state index contributed by atoms with van der Waals surface area (Å²) in [5.41, 5.74) is 2.46. The molecule has 0 unspecified atom stereocenters. The van der Waals surface area contributed by atoms with Gasteiger partial charge in [0.25, 0.3) is 0 Å². The van der Waals surface area contributed by atoms with Crippen LogP contribution in [0.4, 0.5) is 0 Å². The normalized spacial score (nSPS) is 11.6. The molecule has 2 aromatic rings. The van der Waals surface area contributed by atoms with E-state index < -0.39 is 0 Å². The van der Waals surface area contributed by atoms with Crippen molar-refractivity contribution in [3.63, 3.8) is 0 Å². The standard InChI is InChI=1S/C18H25NO2/c1-5-14-8-6-7-9-16(14)21-13-17-15(10-11-20-17)12-19-18(2,3)4/h6-11,19H,5,12-13H2,1-4H3. The molecule has 114 valence electrons. The molecule has 0 amide bonds. The van der Waals surface area contributed by atoms with Crippen LogP contribution in [-0.4, -0.2) is 5.54 Å². The molecule has 21 heavy (non-hydrogen) atoms. The molecule has 0 spiro atoms. The number of rotatable bonds is 6. The first-order chi connectivity index (χ1) is 9.99. The minimum atomic E-state index is 0.0875. The Balaban J connectivity index is 1.99. The van der Waals surface area contributed by atoms with E-state index in [4.69, 9.17) is 9.15 Å². The van der Waals surface area contributed by atoms with Gasteiger partial charge in [0.2, 0.25) is 0 Å². The molecular weight excluding hydrogens is 262 g/mol. The predicted octanol–water partition coefficient (Wildman–Crippen LogP) is 4.31. The molecule has 1 N–H and O–H groups in total. The molecule has 0 aliphatic carbocycles. The third-order valence-electron chi connectivity index (χ3n) is 3.36. The van der Waals surface area contributed by atoms with Crippen LogP contribution in [-0.2, 0) is 19.6 Å². The lowest BCUT2D eigenvalue weighted by molar-refractivity contribution is 0.265. The van der Waals surface area contributed by atoms with Crippen LogP contribution in [0.15, 0.2) is 41.0 Å². The summed E-state index contributed by atoms with van der Waals surface area (Å²) in [6.07, 6.45) is 2.69. The summed E-state index contributed by atoms with van der Waals surface area (Å²) in [6, 6.07) is 10.1. The molecule has 2 rings (SSSR count). The van der Waals surface area contributed by atoms with Gasteiger partial charge < -0.3 is 14.5 Å². The summed E-state index contributed by atoms with van der Waals surface area (Å²) in [7, 11) is 0. The Hall–Kier alpha value is -1.74. The molecule has 0 fully saturated rings. The quantitative estimate of drug-likeness (QED) is 0.859. The molecule has 3 heteroatoms. The largest absolute Gasteiger partial charge is 0.485 e. The van der Waals surface area contributed by atoms with Crippen LogP contribution in [0.3, 0.4) is 0 Å². The topological polar surface area (TPSA) is 34.4 Å². The van der Waals surface area contributed by atoms with Gasteiger partial charge in [-0.2, -0.15) is 0 Å². The number of aryl methyl sites for hydroxylation is 1. The average Bonchev–Trinajstić information content (AvgIpc) is 2.90. The Morgan fingerprint density at radius 3 is 2.57 bits per heavy atom. The smallest absolute Gasteiger partial charge is 0.146 e. The highest BCUT2D eigenvalue weighted by atomic mass is 16.5. The molecule has 0 aliphatic heterocycles. The van der Waals surface area contributed by atoms with Gasteiger partial charge in [0.15, 0.2) is 0 Å². The van der Waals surface area contributed by atoms with Gasteiger partial charge in [-0.15, -0.1) is 0 Å². The number of para-hydroxylation sites is 1. The van der Waals surface area contributed by atoms with Gasteiger partial charge >= 0.3 is 0 Å². The number of ether oxygens (including phenoxy) is 1. The lowest BCUT2D eigenvalue weighted by atomic mass is 10.1. The fraction of sp³-hybridized carbons (Fsp3) is 0.444. The molecule has 1 aromatic heterocycles. The molecule has 0 saturated heterocycles. The molecule has 1 aromatic carbocycles. The molecule has 0 bridgehead atoms. The highest BCUT2D eigenvalue weighted by Crippen LogP contribution is 2.21. The Bertz CT molecular complexity index is 567. The predicted molar refractivity (Wildman–Crippen MR) is 85.5 cm³/mol. The third-order valence-corrected chi connectivity index (χ3v) is 3.36. The molecule has 1 heterocycles. The fourth-order valence-corrected chi connectivity index (χ4v) is 2.09. The first kappa shape index (κ1) is 15.6. The fourth-order valence-electron chi connectivity index (χ4n) is 2.09. The minimum absolute atomic E-state index is 0.0875. The van der Waals surface area contributed by atoms with Crippen molar-refractivity contribution < 1.29 is 9.15 Å². The zero-order valence-electron chi connectivity index (χ0n) is 13.4. The zero-order valence-corrected chi connectivity index (χ0v) is 13.4. The Kier molecular flexibility index (Phi) is 5.07. The minimum Gasteiger partial charge on any atom is -0.485 e. The van der Waals surface area contributed by atoms with E-state index in [0.29, 0.717) is 6.61 Å². The van der Waals surface area contributed by atoms with Crippen LogP contribution >= 0.6 is 0 Å². The molecular formula is C18H25NO2. The lowest BCUT2D eigenvalue weighted by Gasteiger charge is -2.20. The van der Waals surface area contributed by atoms with Gasteiger partial charge in [0, 0.05) is 17.6 Å². The van der Waals surface area contributed by atoms with Gasteiger partial charge in [-0.25, -0.2) is 0 Å². The van der Waals surface area contributed by atoms with E-state index in [2.05, 4.69) is 39.1 Å². The maximum atomic E-state index is 5.92. The highest BCUT2D eigenvalue weighted by molar-refractivity contribution is 5.33. The van der Waals surface area contributed by atoms with E-state index in [1.807, 2.05) is 24.3 Å². The summed E-state index contributed by atoms with van der Waals surface area (Å²) >= 11 is 0. The van der Waals surface area contributed by atoms with Crippen LogP contribution in [0.2, 0.25) is 0 Å². The summed E-state index contributed by atoms with van der Waals surface area (Å²) in [5, 5.41) is 3.47. The van der Waals surface area contributed by atoms with Crippen molar-refractivity contribution in [1.29, 1.82) is 0 Å². The summed E-state index contributed by atoms with van der Waals surface area (Å²) < 4.78 is 11.5. The Morgan fingerprint density at radius 1 is 1.10 bits per heavy atom. The lowest BCUT2D eigenvalue weighted by Crippen LogP contribution is -2.35. The number of hydrogen-bond acceptors (Lipinski definition) is 3. The second-order valence-electron chi connectivity index (χ2n) is 6.22. The van der Waals surface area contributed by atoms with Crippen molar-refractivity contribution in [2.75, 3.05) is 0 Å². The second-order valence-corrected chi connectivity index (χ2v) is 6.22. The first-order valence-electron chi connectivity index (χ1n) is 7.50. The summed E-state index contributed by atoms with van der Waals surface area (Å²) in [5.74, 6) is 1.82. The Labute approximate surface area is 127 Å². The van der Waals surface area contributed by atoms with E-state index in [9.17, 15) is 0 Å². The number of furan rings is 1. The molecule has 0 radical (unpaired) electrons. The van der Waals surface area contributed by atoms with Gasteiger partial charge in [-0.05, 0) is 44.9 Å². The molecule has 3 nitrogen and oxygen atoms in total. The van der Waals surface area contributed by atoms with Crippen LogP contribution in [0.25, 0.3) is 0 Å². The summed E-state index contributed by atoms with van der Waals surface area (Å²) in [6.45, 7) is 9.84. The summed E-state index contributed by atoms with van der Waals surface area (Å²) in [4.78, 5) is 0. The highest BCUT2D eigenvalue weighted by Gasteiger charge is 2.13. The Morgan fingerprint density at radius 2 is 1.86 bits per heavy atom. The van der Waals surface area contributed by atoms with Crippen LogP contribution < -0.4 is 10.1 Å². The van der Waals surface area contributed by atoms with E-state index in [1.54, 1.807) is 6.26 Å². The number of hydrogen-bond donors (Lipinski definition) is 1. The van der Waals surface area contributed by atoms with Gasteiger partial charge in [-0.3, -0.25) is 0 Å². The maximum Gasteiger partial charge on any atom is 0.146 e. The molecule has 0 saturated carbocycles.